The maximum absolute atomic E-state index is 12.6. The van der Waals surface area contributed by atoms with Gasteiger partial charge in [0, 0.05) is 12.3 Å². The van der Waals surface area contributed by atoms with Gasteiger partial charge in [-0.25, -0.2) is 0 Å². The Morgan fingerprint density at radius 3 is 2.21 bits per heavy atom. The summed E-state index contributed by atoms with van der Waals surface area (Å²) in [6.07, 6.45) is 0.877. The minimum absolute atomic E-state index is 0.0157. The molecule has 1 saturated heterocycles. The van der Waals surface area contributed by atoms with Crippen molar-refractivity contribution in [3.05, 3.63) is 11.6 Å². The minimum atomic E-state index is -1.64. The number of amides is 1. The van der Waals surface area contributed by atoms with Gasteiger partial charge in [-0.3, -0.25) is 14.4 Å². The highest BCUT2D eigenvalue weighted by Gasteiger charge is 2.59. The lowest BCUT2D eigenvalue weighted by Crippen LogP contribution is -2.52. The lowest BCUT2D eigenvalue weighted by molar-refractivity contribution is -0.179. The average Bonchev–Trinajstić information content (AvgIpc) is 2.86. The molecule has 0 bridgehead atoms. The highest BCUT2D eigenvalue weighted by molar-refractivity contribution is 6.01. The molecular formula is C17H27NO6. The van der Waals surface area contributed by atoms with Crippen molar-refractivity contribution in [2.45, 2.75) is 52.9 Å². The van der Waals surface area contributed by atoms with E-state index in [0.717, 1.165) is 5.57 Å². The molecule has 2 atom stereocenters. The van der Waals surface area contributed by atoms with E-state index >= 15 is 0 Å². The van der Waals surface area contributed by atoms with E-state index in [0.29, 0.717) is 0 Å². The van der Waals surface area contributed by atoms with Crippen LogP contribution in [0.3, 0.4) is 0 Å². The SMILES string of the molecule is COC(=O)C(CC=C(C)C)(C(=O)OC)[C@H]1CC(=O)N[C@@H]1OC(C)C. The summed E-state index contributed by atoms with van der Waals surface area (Å²) in [5.74, 6) is -2.46. The molecule has 1 aliphatic rings. The number of hydrogen-bond acceptors (Lipinski definition) is 6. The van der Waals surface area contributed by atoms with Gasteiger partial charge in [0.1, 0.15) is 6.23 Å². The fourth-order valence-corrected chi connectivity index (χ4v) is 2.91. The van der Waals surface area contributed by atoms with Crippen LogP contribution in [0.5, 0.6) is 0 Å². The summed E-state index contributed by atoms with van der Waals surface area (Å²) in [5, 5.41) is 2.69. The molecule has 1 N–H and O–H groups in total. The summed E-state index contributed by atoms with van der Waals surface area (Å²) in [7, 11) is 2.43. The van der Waals surface area contributed by atoms with Gasteiger partial charge in [-0.15, -0.1) is 0 Å². The van der Waals surface area contributed by atoms with E-state index in [1.165, 1.54) is 14.2 Å². The molecule has 0 spiro atoms. The van der Waals surface area contributed by atoms with Gasteiger partial charge in [0.15, 0.2) is 5.41 Å². The van der Waals surface area contributed by atoms with Crippen molar-refractivity contribution in [1.82, 2.24) is 5.32 Å². The average molecular weight is 341 g/mol. The third-order valence-electron chi connectivity index (χ3n) is 4.06. The molecule has 1 fully saturated rings. The van der Waals surface area contributed by atoms with E-state index in [-0.39, 0.29) is 24.9 Å². The normalized spacial score (nSPS) is 20.5. The van der Waals surface area contributed by atoms with Gasteiger partial charge in [0.25, 0.3) is 0 Å². The zero-order valence-corrected chi connectivity index (χ0v) is 15.2. The van der Waals surface area contributed by atoms with Crippen LogP contribution in [-0.2, 0) is 28.6 Å². The first-order chi connectivity index (χ1) is 11.2. The van der Waals surface area contributed by atoms with Gasteiger partial charge in [0.2, 0.25) is 5.91 Å². The van der Waals surface area contributed by atoms with E-state index in [1.54, 1.807) is 6.08 Å². The van der Waals surface area contributed by atoms with Crippen LogP contribution in [-0.4, -0.2) is 44.4 Å². The number of ether oxygens (including phenoxy) is 3. The molecule has 0 aromatic carbocycles. The van der Waals surface area contributed by atoms with Crippen molar-refractivity contribution in [3.8, 4) is 0 Å². The van der Waals surface area contributed by atoms with Crippen LogP contribution in [0.2, 0.25) is 0 Å². The number of allylic oxidation sites excluding steroid dienone is 2. The Balaban J connectivity index is 3.41. The Labute approximate surface area is 142 Å². The van der Waals surface area contributed by atoms with Gasteiger partial charge in [0.05, 0.1) is 20.3 Å². The van der Waals surface area contributed by atoms with Crippen molar-refractivity contribution in [3.63, 3.8) is 0 Å². The van der Waals surface area contributed by atoms with E-state index in [4.69, 9.17) is 14.2 Å². The highest BCUT2D eigenvalue weighted by Crippen LogP contribution is 2.42. The first kappa shape index (κ1) is 20.2. The van der Waals surface area contributed by atoms with E-state index < -0.39 is 29.5 Å². The first-order valence-corrected chi connectivity index (χ1v) is 7.94. The number of hydrogen-bond donors (Lipinski definition) is 1. The Hall–Kier alpha value is -1.89. The monoisotopic (exact) mass is 341 g/mol. The summed E-state index contributed by atoms with van der Waals surface area (Å²) in [6, 6.07) is 0. The van der Waals surface area contributed by atoms with Crippen LogP contribution in [0.15, 0.2) is 11.6 Å². The van der Waals surface area contributed by atoms with Crippen LogP contribution in [0, 0.1) is 11.3 Å². The van der Waals surface area contributed by atoms with Crippen LogP contribution < -0.4 is 5.32 Å². The number of rotatable bonds is 7. The highest BCUT2D eigenvalue weighted by atomic mass is 16.5. The molecule has 1 amide bonds. The second-order valence-corrected chi connectivity index (χ2v) is 6.42. The molecule has 0 radical (unpaired) electrons. The van der Waals surface area contributed by atoms with Gasteiger partial charge in [-0.05, 0) is 34.1 Å². The van der Waals surface area contributed by atoms with E-state index in [2.05, 4.69) is 5.32 Å². The lowest BCUT2D eigenvalue weighted by atomic mass is 9.70. The standard InChI is InChI=1S/C17H27NO6/c1-10(2)7-8-17(15(20)22-5,16(21)23-6)12-9-13(19)18-14(12)24-11(3)4/h7,11-12,14H,8-9H2,1-6H3,(H,18,19)/t12-,14+/m0/s1. The molecule has 7 nitrogen and oxygen atoms in total. The minimum Gasteiger partial charge on any atom is -0.468 e. The molecule has 0 unspecified atom stereocenters. The molecule has 0 aliphatic carbocycles. The van der Waals surface area contributed by atoms with Gasteiger partial charge in [-0.1, -0.05) is 11.6 Å². The molecule has 1 rings (SSSR count). The summed E-state index contributed by atoms with van der Waals surface area (Å²) >= 11 is 0. The molecule has 7 heteroatoms. The number of esters is 2. The van der Waals surface area contributed by atoms with E-state index in [1.807, 2.05) is 27.7 Å². The van der Waals surface area contributed by atoms with Gasteiger partial charge < -0.3 is 19.5 Å². The second-order valence-electron chi connectivity index (χ2n) is 6.42. The molecule has 1 aliphatic heterocycles. The molecule has 0 aromatic heterocycles. The van der Waals surface area contributed by atoms with Crippen molar-refractivity contribution in [1.29, 1.82) is 0 Å². The Morgan fingerprint density at radius 1 is 1.25 bits per heavy atom. The van der Waals surface area contributed by atoms with Gasteiger partial charge >= 0.3 is 11.9 Å². The zero-order valence-electron chi connectivity index (χ0n) is 15.2. The zero-order chi connectivity index (χ0) is 18.5. The lowest BCUT2D eigenvalue weighted by Gasteiger charge is -2.35. The Kier molecular flexibility index (Phi) is 6.95. The quantitative estimate of drug-likeness (QED) is 0.429. The van der Waals surface area contributed by atoms with Crippen LogP contribution in [0.4, 0.5) is 0 Å². The van der Waals surface area contributed by atoms with Crippen molar-refractivity contribution >= 4 is 17.8 Å². The van der Waals surface area contributed by atoms with Crippen LogP contribution >= 0.6 is 0 Å². The second kappa shape index (κ2) is 8.28. The predicted octanol–water partition coefficient (Wildman–Crippen LogP) is 1.56. The maximum Gasteiger partial charge on any atom is 0.324 e. The van der Waals surface area contributed by atoms with Crippen molar-refractivity contribution in [2.24, 2.45) is 11.3 Å². The molecular weight excluding hydrogens is 314 g/mol. The molecule has 1 heterocycles. The molecule has 0 saturated carbocycles. The van der Waals surface area contributed by atoms with Crippen molar-refractivity contribution < 1.29 is 28.6 Å². The van der Waals surface area contributed by atoms with Crippen molar-refractivity contribution in [2.75, 3.05) is 14.2 Å². The number of carbonyl (C=O) groups excluding carboxylic acids is 3. The fraction of sp³-hybridized carbons (Fsp3) is 0.706. The topological polar surface area (TPSA) is 90.9 Å². The van der Waals surface area contributed by atoms with Gasteiger partial charge in [-0.2, -0.15) is 0 Å². The maximum atomic E-state index is 12.6. The first-order valence-electron chi connectivity index (χ1n) is 7.94. The van der Waals surface area contributed by atoms with E-state index in [9.17, 15) is 14.4 Å². The summed E-state index contributed by atoms with van der Waals surface area (Å²) in [4.78, 5) is 37.2. The third-order valence-corrected chi connectivity index (χ3v) is 4.06. The molecule has 24 heavy (non-hydrogen) atoms. The number of nitrogens with one attached hydrogen (secondary N) is 1. The Morgan fingerprint density at radius 2 is 1.79 bits per heavy atom. The van der Waals surface area contributed by atoms with Crippen LogP contribution in [0.25, 0.3) is 0 Å². The summed E-state index contributed by atoms with van der Waals surface area (Å²) in [5.41, 5.74) is -0.703. The predicted molar refractivity (Wildman–Crippen MR) is 86.8 cm³/mol. The number of methoxy groups -OCH3 is 2. The van der Waals surface area contributed by atoms with Crippen LogP contribution in [0.1, 0.15) is 40.5 Å². The molecule has 136 valence electrons. The fourth-order valence-electron chi connectivity index (χ4n) is 2.91. The molecule has 0 aromatic rings. The third kappa shape index (κ3) is 4.14. The Bertz CT molecular complexity index is 505. The summed E-state index contributed by atoms with van der Waals surface area (Å²) < 4.78 is 15.5. The largest absolute Gasteiger partial charge is 0.468 e. The smallest absolute Gasteiger partial charge is 0.324 e. The number of carbonyl (C=O) groups is 3. The summed E-state index contributed by atoms with van der Waals surface area (Å²) in [6.45, 7) is 7.35.